The first kappa shape index (κ1) is 8.34. The van der Waals surface area contributed by atoms with Gasteiger partial charge in [0.1, 0.15) is 12.8 Å². The van der Waals surface area contributed by atoms with Crippen LogP contribution in [0.3, 0.4) is 0 Å². The van der Waals surface area contributed by atoms with Gasteiger partial charge in [0.2, 0.25) is 0 Å². The SMILES string of the molecule is CC(=O)[N+](=C[13CH2][13CH3])[13CH2][13CH3]. The number of carbonyl (C=O) groups excluding carboxylic acids is 1. The molecule has 0 aromatic carbocycles. The highest BCUT2D eigenvalue weighted by atomic mass is 16.2. The lowest BCUT2D eigenvalue weighted by molar-refractivity contribution is -0.440. The lowest BCUT2D eigenvalue weighted by Crippen LogP contribution is -2.17. The molecule has 0 atom stereocenters. The summed E-state index contributed by atoms with van der Waals surface area (Å²) >= 11 is 0. The standard InChI is InChI=1S/C7H14NO/c1-4-6-8(5-2)7(3)9/h6H,4-5H2,1-3H3/q+1/i1+1,2+1,4+1,5+1. The van der Waals surface area contributed by atoms with E-state index in [0.717, 1.165) is 13.0 Å². The van der Waals surface area contributed by atoms with Gasteiger partial charge in [-0.1, -0.05) is 6.92 Å². The Bertz CT molecular complexity index is 127. The Morgan fingerprint density at radius 1 is 1.56 bits per heavy atom. The summed E-state index contributed by atoms with van der Waals surface area (Å²) in [6, 6.07) is 0. The van der Waals surface area contributed by atoms with Gasteiger partial charge in [0.15, 0.2) is 0 Å². The topological polar surface area (TPSA) is 20.1 Å². The minimum absolute atomic E-state index is 0.124. The Labute approximate surface area is 56.2 Å². The Kier molecular flexibility index (Phi) is 3.93. The molecule has 0 unspecified atom stereocenters. The van der Waals surface area contributed by atoms with Crippen LogP contribution in [0, 0.1) is 0 Å². The van der Waals surface area contributed by atoms with Gasteiger partial charge in [-0.2, -0.15) is 4.58 Å². The molecule has 0 aliphatic rings. The molecule has 0 saturated heterocycles. The van der Waals surface area contributed by atoms with Crippen LogP contribution in [0.25, 0.3) is 0 Å². The summed E-state index contributed by atoms with van der Waals surface area (Å²) < 4.78 is 1.71. The van der Waals surface area contributed by atoms with Gasteiger partial charge in [0.25, 0.3) is 0 Å². The molecule has 0 aliphatic carbocycles. The van der Waals surface area contributed by atoms with Gasteiger partial charge in [-0.25, -0.2) is 4.79 Å². The number of amides is 1. The molecule has 0 aromatic heterocycles. The van der Waals surface area contributed by atoms with Crippen molar-refractivity contribution >= 4 is 12.1 Å². The maximum atomic E-state index is 10.7. The second kappa shape index (κ2) is 4.24. The molecule has 0 spiro atoms. The molecule has 1 amide bonds. The molecule has 52 valence electrons. The summed E-state index contributed by atoms with van der Waals surface area (Å²) in [7, 11) is 0. The molecule has 0 heterocycles. The van der Waals surface area contributed by atoms with Crippen molar-refractivity contribution in [3.63, 3.8) is 0 Å². The maximum absolute atomic E-state index is 10.7. The molecular formula is C7H14NO+. The highest BCUT2D eigenvalue weighted by Gasteiger charge is 2.04. The van der Waals surface area contributed by atoms with Crippen molar-refractivity contribution in [3.05, 3.63) is 0 Å². The van der Waals surface area contributed by atoms with Crippen molar-refractivity contribution in [2.45, 2.75) is 27.2 Å². The normalized spacial score (nSPS) is 11.7. The van der Waals surface area contributed by atoms with E-state index in [9.17, 15) is 4.79 Å². The van der Waals surface area contributed by atoms with Crippen molar-refractivity contribution in [1.82, 2.24) is 0 Å². The quantitative estimate of drug-likeness (QED) is 0.312. The zero-order valence-corrected chi connectivity index (χ0v) is 6.35. The van der Waals surface area contributed by atoms with Crippen LogP contribution in [0.5, 0.6) is 0 Å². The van der Waals surface area contributed by atoms with E-state index in [1.165, 1.54) is 0 Å². The van der Waals surface area contributed by atoms with E-state index < -0.39 is 0 Å². The Balaban J connectivity index is 3.98. The predicted molar refractivity (Wildman–Crippen MR) is 37.8 cm³/mol. The molecule has 0 aliphatic heterocycles. The van der Waals surface area contributed by atoms with Crippen molar-refractivity contribution in [1.29, 1.82) is 0 Å². The fraction of sp³-hybridized carbons (Fsp3) is 0.714. The molecular weight excluding hydrogens is 118 g/mol. The summed E-state index contributed by atoms with van der Waals surface area (Å²) in [6.45, 7) is 6.35. The lowest BCUT2D eigenvalue weighted by atomic mass is 10.7. The third-order valence-electron chi connectivity index (χ3n) is 1.15. The molecule has 0 rings (SSSR count). The minimum atomic E-state index is 0.124. The van der Waals surface area contributed by atoms with Crippen LogP contribution < -0.4 is 0 Å². The van der Waals surface area contributed by atoms with Crippen LogP contribution in [-0.4, -0.2) is 23.2 Å². The molecule has 0 saturated carbocycles. The maximum Gasteiger partial charge on any atom is 0.383 e. The van der Waals surface area contributed by atoms with Crippen molar-refractivity contribution < 1.29 is 9.37 Å². The summed E-state index contributed by atoms with van der Waals surface area (Å²) in [6.07, 6.45) is 2.83. The van der Waals surface area contributed by atoms with E-state index in [-0.39, 0.29) is 5.91 Å². The smallest absolute Gasteiger partial charge is 0.220 e. The summed E-state index contributed by atoms with van der Waals surface area (Å²) in [5.74, 6) is 0.124. The van der Waals surface area contributed by atoms with Gasteiger partial charge in [-0.3, -0.25) is 0 Å². The molecule has 0 radical (unpaired) electrons. The average Bonchev–Trinajstić information content (AvgIpc) is 1.82. The summed E-state index contributed by atoms with van der Waals surface area (Å²) in [5, 5.41) is 0. The van der Waals surface area contributed by atoms with Gasteiger partial charge in [0.05, 0.1) is 6.92 Å². The molecule has 9 heavy (non-hydrogen) atoms. The van der Waals surface area contributed by atoms with Crippen LogP contribution in [0.1, 0.15) is 27.2 Å². The average molecular weight is 132 g/mol. The van der Waals surface area contributed by atoms with E-state index in [0.29, 0.717) is 0 Å². The third-order valence-corrected chi connectivity index (χ3v) is 1.15. The van der Waals surface area contributed by atoms with Gasteiger partial charge in [-0.15, -0.1) is 0 Å². The Hall–Kier alpha value is -0.660. The van der Waals surface area contributed by atoms with Crippen LogP contribution >= 0.6 is 0 Å². The number of rotatable bonds is 2. The first-order valence-corrected chi connectivity index (χ1v) is 3.32. The van der Waals surface area contributed by atoms with Crippen molar-refractivity contribution in [3.8, 4) is 0 Å². The molecule has 0 bridgehead atoms. The monoisotopic (exact) mass is 132 g/mol. The van der Waals surface area contributed by atoms with Gasteiger partial charge in [-0.05, 0) is 6.92 Å². The fourth-order valence-electron chi connectivity index (χ4n) is 0.701. The zero-order valence-electron chi connectivity index (χ0n) is 6.35. The van der Waals surface area contributed by atoms with E-state index >= 15 is 0 Å². The molecule has 2 nitrogen and oxygen atoms in total. The molecule has 2 heteroatoms. The second-order valence-corrected chi connectivity index (χ2v) is 1.90. The zero-order chi connectivity index (χ0) is 7.28. The molecule has 0 N–H and O–H groups in total. The Morgan fingerprint density at radius 2 is 2.11 bits per heavy atom. The highest BCUT2D eigenvalue weighted by Crippen LogP contribution is 1.76. The summed E-state index contributed by atoms with van der Waals surface area (Å²) in [4.78, 5) is 10.7. The highest BCUT2D eigenvalue weighted by molar-refractivity contribution is 5.69. The first-order valence-electron chi connectivity index (χ1n) is 3.32. The van der Waals surface area contributed by atoms with Crippen molar-refractivity contribution in [2.75, 3.05) is 6.54 Å². The number of nitrogens with zero attached hydrogens (tertiary/aromatic N) is 1. The first-order chi connectivity index (χ1) is 4.22. The number of hydrogen-bond acceptors (Lipinski definition) is 1. The van der Waals surface area contributed by atoms with Gasteiger partial charge in [0, 0.05) is 6.42 Å². The number of carbonyl (C=O) groups is 1. The summed E-state index contributed by atoms with van der Waals surface area (Å²) in [5.41, 5.74) is 0. The largest absolute Gasteiger partial charge is 0.383 e. The van der Waals surface area contributed by atoms with Crippen LogP contribution in [0.15, 0.2) is 0 Å². The van der Waals surface area contributed by atoms with E-state index in [2.05, 4.69) is 0 Å². The van der Waals surface area contributed by atoms with Crippen molar-refractivity contribution in [2.24, 2.45) is 0 Å². The minimum Gasteiger partial charge on any atom is -0.220 e. The fourth-order valence-corrected chi connectivity index (χ4v) is 0.701. The number of hydrogen-bond donors (Lipinski definition) is 0. The van der Waals surface area contributed by atoms with E-state index in [1.54, 1.807) is 11.5 Å². The van der Waals surface area contributed by atoms with Crippen LogP contribution in [-0.2, 0) is 4.79 Å². The molecule has 0 fully saturated rings. The lowest BCUT2D eigenvalue weighted by Gasteiger charge is -1.89. The Morgan fingerprint density at radius 3 is 2.22 bits per heavy atom. The van der Waals surface area contributed by atoms with E-state index in [4.69, 9.17) is 0 Å². The predicted octanol–water partition coefficient (Wildman–Crippen LogP) is 1.05. The van der Waals surface area contributed by atoms with Gasteiger partial charge < -0.3 is 0 Å². The molecule has 0 aromatic rings. The van der Waals surface area contributed by atoms with E-state index in [1.807, 2.05) is 20.1 Å². The second-order valence-electron chi connectivity index (χ2n) is 1.90. The van der Waals surface area contributed by atoms with Crippen LogP contribution in [0.4, 0.5) is 0 Å². The van der Waals surface area contributed by atoms with Crippen LogP contribution in [0.2, 0.25) is 0 Å². The van der Waals surface area contributed by atoms with Gasteiger partial charge >= 0.3 is 5.91 Å². The third kappa shape index (κ3) is 3.01.